The van der Waals surface area contributed by atoms with Crippen LogP contribution in [0.3, 0.4) is 0 Å². The summed E-state index contributed by atoms with van der Waals surface area (Å²) < 4.78 is 17.1. The lowest BCUT2D eigenvalue weighted by Crippen LogP contribution is -2.30. The molecule has 304 valence electrons. The Kier molecular flexibility index (Phi) is 41.2. The van der Waals surface area contributed by atoms with E-state index in [2.05, 4.69) is 130 Å². The largest absolute Gasteiger partial charge is 0.462 e. The van der Waals surface area contributed by atoms with Crippen molar-refractivity contribution in [2.75, 3.05) is 19.8 Å². The van der Waals surface area contributed by atoms with Gasteiger partial charge >= 0.3 is 11.9 Å². The van der Waals surface area contributed by atoms with Crippen LogP contribution in [-0.4, -0.2) is 37.9 Å². The van der Waals surface area contributed by atoms with E-state index in [0.717, 1.165) is 116 Å². The Hall–Kier alpha value is -3.44. The normalized spacial score (nSPS) is 13.3. The summed E-state index contributed by atoms with van der Waals surface area (Å²) in [5.41, 5.74) is 0. The van der Waals surface area contributed by atoms with Gasteiger partial charge in [-0.25, -0.2) is 0 Å². The molecule has 5 nitrogen and oxygen atoms in total. The Morgan fingerprint density at radius 3 is 1.35 bits per heavy atom. The summed E-state index contributed by atoms with van der Waals surface area (Å²) in [6.45, 7) is 7.36. The van der Waals surface area contributed by atoms with Crippen LogP contribution in [0.25, 0.3) is 0 Å². The second kappa shape index (κ2) is 44.0. The van der Waals surface area contributed by atoms with E-state index in [-0.39, 0.29) is 25.2 Å². The summed E-state index contributed by atoms with van der Waals surface area (Å²) in [6, 6.07) is 0. The average molecular weight is 747 g/mol. The van der Waals surface area contributed by atoms with E-state index in [1.807, 2.05) is 0 Å². The molecule has 0 rings (SSSR count). The summed E-state index contributed by atoms with van der Waals surface area (Å²) in [5.74, 6) is -0.508. The van der Waals surface area contributed by atoms with Gasteiger partial charge < -0.3 is 14.2 Å². The number of allylic oxidation sites excluding steroid dienone is 18. The second-order valence-corrected chi connectivity index (χ2v) is 13.5. The highest BCUT2D eigenvalue weighted by atomic mass is 16.6. The Morgan fingerprint density at radius 1 is 0.426 bits per heavy atom. The van der Waals surface area contributed by atoms with Crippen LogP contribution in [-0.2, 0) is 23.8 Å². The molecule has 0 amide bonds. The van der Waals surface area contributed by atoms with Crippen LogP contribution in [0.2, 0.25) is 0 Å². The van der Waals surface area contributed by atoms with Crippen molar-refractivity contribution in [3.63, 3.8) is 0 Å². The smallest absolute Gasteiger partial charge is 0.306 e. The Labute approximate surface area is 332 Å². The van der Waals surface area contributed by atoms with Crippen molar-refractivity contribution in [1.82, 2.24) is 0 Å². The standard InChI is InChI=1S/C49H78O5/c1-4-7-10-13-15-17-19-21-23-25-26-28-30-32-34-37-39-42-48(50)53-46-47(54-49(51)43-40-36-12-9-6-3)45-52-44-41-38-35-33-31-29-27-24-22-20-18-16-14-11-8-5-2/h7-8,10-11,15-18,21-24,26,28-29,31-32,34,47H,4-6,9,12-14,19-20,25,27,30,33,35-46H2,1-3H3/b10-7-,11-8-,17-15-,18-16-,23-21-,24-22-,28-26-,31-29-,34-32-. The number of carbonyl (C=O) groups is 2. The Morgan fingerprint density at radius 2 is 0.852 bits per heavy atom. The molecule has 0 aliphatic heterocycles. The van der Waals surface area contributed by atoms with E-state index in [9.17, 15) is 9.59 Å². The quantitative estimate of drug-likeness (QED) is 0.0360. The molecule has 0 saturated carbocycles. The van der Waals surface area contributed by atoms with Crippen molar-refractivity contribution >= 4 is 11.9 Å². The number of hydrogen-bond donors (Lipinski definition) is 0. The van der Waals surface area contributed by atoms with Gasteiger partial charge in [0.1, 0.15) is 6.61 Å². The number of unbranched alkanes of at least 4 members (excludes halogenated alkanes) is 8. The van der Waals surface area contributed by atoms with Crippen LogP contribution >= 0.6 is 0 Å². The van der Waals surface area contributed by atoms with Crippen LogP contribution in [0.5, 0.6) is 0 Å². The maximum Gasteiger partial charge on any atom is 0.306 e. The van der Waals surface area contributed by atoms with Crippen LogP contribution in [0, 0.1) is 0 Å². The molecule has 0 N–H and O–H groups in total. The second-order valence-electron chi connectivity index (χ2n) is 13.5. The van der Waals surface area contributed by atoms with Gasteiger partial charge in [0.2, 0.25) is 0 Å². The molecule has 0 aromatic carbocycles. The van der Waals surface area contributed by atoms with Crippen molar-refractivity contribution in [1.29, 1.82) is 0 Å². The molecule has 0 aliphatic rings. The van der Waals surface area contributed by atoms with Crippen LogP contribution in [0.15, 0.2) is 109 Å². The summed E-state index contributed by atoms with van der Waals surface area (Å²) in [5, 5.41) is 0. The zero-order valence-corrected chi connectivity index (χ0v) is 34.7. The third-order valence-corrected chi connectivity index (χ3v) is 8.30. The lowest BCUT2D eigenvalue weighted by molar-refractivity contribution is -0.163. The monoisotopic (exact) mass is 747 g/mol. The number of ether oxygens (including phenoxy) is 3. The minimum absolute atomic E-state index is 0.0356. The van der Waals surface area contributed by atoms with Gasteiger partial charge in [0.25, 0.3) is 0 Å². The molecule has 0 spiro atoms. The van der Waals surface area contributed by atoms with Crippen molar-refractivity contribution in [3.8, 4) is 0 Å². The van der Waals surface area contributed by atoms with E-state index in [0.29, 0.717) is 19.4 Å². The van der Waals surface area contributed by atoms with Gasteiger partial charge in [-0.2, -0.15) is 0 Å². The highest BCUT2D eigenvalue weighted by Gasteiger charge is 2.17. The molecule has 0 fully saturated rings. The number of rotatable bonds is 37. The van der Waals surface area contributed by atoms with Gasteiger partial charge in [0.15, 0.2) is 6.10 Å². The molecule has 54 heavy (non-hydrogen) atoms. The van der Waals surface area contributed by atoms with Crippen molar-refractivity contribution < 1.29 is 23.8 Å². The van der Waals surface area contributed by atoms with Gasteiger partial charge in [0, 0.05) is 19.4 Å². The van der Waals surface area contributed by atoms with Gasteiger partial charge in [-0.1, -0.05) is 162 Å². The molecule has 0 bridgehead atoms. The first-order valence-electron chi connectivity index (χ1n) is 21.4. The minimum Gasteiger partial charge on any atom is -0.462 e. The van der Waals surface area contributed by atoms with E-state index >= 15 is 0 Å². The third kappa shape index (κ3) is 41.3. The molecule has 1 atom stereocenters. The topological polar surface area (TPSA) is 61.8 Å². The summed E-state index contributed by atoms with van der Waals surface area (Å²) in [6.07, 6.45) is 59.8. The minimum atomic E-state index is -0.576. The lowest BCUT2D eigenvalue weighted by Gasteiger charge is -2.18. The first-order chi connectivity index (χ1) is 26.6. The summed E-state index contributed by atoms with van der Waals surface area (Å²) in [4.78, 5) is 25.0. The number of esters is 2. The van der Waals surface area contributed by atoms with Gasteiger partial charge in [0.05, 0.1) is 6.61 Å². The van der Waals surface area contributed by atoms with Crippen LogP contribution < -0.4 is 0 Å². The van der Waals surface area contributed by atoms with Gasteiger partial charge in [-0.05, 0) is 96.3 Å². The maximum atomic E-state index is 12.5. The fraction of sp³-hybridized carbons (Fsp3) is 0.592. The molecule has 0 saturated heterocycles. The SMILES string of the molecule is CC/C=C\C/C=C\C/C=C\C/C=C\C/C=C\CCCC(=O)OCC(COCCCCC/C=C\C/C=C\C/C=C\C/C=C\CC)OC(=O)CCCCCCC. The van der Waals surface area contributed by atoms with E-state index in [4.69, 9.17) is 14.2 Å². The first kappa shape index (κ1) is 50.6. The molecule has 0 aromatic heterocycles. The molecule has 0 heterocycles. The predicted molar refractivity (Wildman–Crippen MR) is 233 cm³/mol. The van der Waals surface area contributed by atoms with Gasteiger partial charge in [-0.15, -0.1) is 0 Å². The summed E-state index contributed by atoms with van der Waals surface area (Å²) in [7, 11) is 0. The zero-order valence-electron chi connectivity index (χ0n) is 34.7. The fourth-order valence-electron chi connectivity index (χ4n) is 5.18. The highest BCUT2D eigenvalue weighted by molar-refractivity contribution is 5.70. The molecule has 0 aliphatic carbocycles. The molecule has 5 heteroatoms. The Balaban J connectivity index is 4.27. The first-order valence-corrected chi connectivity index (χ1v) is 21.4. The van der Waals surface area contributed by atoms with Crippen molar-refractivity contribution in [2.45, 2.75) is 168 Å². The van der Waals surface area contributed by atoms with Crippen LogP contribution in [0.1, 0.15) is 162 Å². The van der Waals surface area contributed by atoms with Gasteiger partial charge in [-0.3, -0.25) is 9.59 Å². The molecule has 0 radical (unpaired) electrons. The van der Waals surface area contributed by atoms with Crippen molar-refractivity contribution in [2.24, 2.45) is 0 Å². The Bertz CT molecular complexity index is 1120. The maximum absolute atomic E-state index is 12.5. The fourth-order valence-corrected chi connectivity index (χ4v) is 5.18. The van der Waals surface area contributed by atoms with E-state index < -0.39 is 6.10 Å². The van der Waals surface area contributed by atoms with Crippen molar-refractivity contribution in [3.05, 3.63) is 109 Å². The summed E-state index contributed by atoms with van der Waals surface area (Å²) >= 11 is 0. The van der Waals surface area contributed by atoms with Crippen LogP contribution in [0.4, 0.5) is 0 Å². The predicted octanol–water partition coefficient (Wildman–Crippen LogP) is 14.1. The van der Waals surface area contributed by atoms with E-state index in [1.54, 1.807) is 0 Å². The van der Waals surface area contributed by atoms with E-state index in [1.165, 1.54) is 12.8 Å². The molecular weight excluding hydrogens is 669 g/mol. The highest BCUT2D eigenvalue weighted by Crippen LogP contribution is 2.09. The molecule has 0 aromatic rings. The molecular formula is C49H78O5. The lowest BCUT2D eigenvalue weighted by atomic mass is 10.1. The third-order valence-electron chi connectivity index (χ3n) is 8.30. The molecule has 1 unspecified atom stereocenters. The number of carbonyl (C=O) groups excluding carboxylic acids is 2. The zero-order chi connectivity index (χ0) is 39.3. The average Bonchev–Trinajstić information content (AvgIpc) is 3.17. The number of hydrogen-bond acceptors (Lipinski definition) is 5.